The molecule has 0 aliphatic carbocycles. The van der Waals surface area contributed by atoms with E-state index in [9.17, 15) is 4.39 Å². The second-order valence-corrected chi connectivity index (χ2v) is 3.34. The smallest absolute Gasteiger partial charge is 0.144 e. The van der Waals surface area contributed by atoms with E-state index in [4.69, 9.17) is 15.3 Å². The summed E-state index contributed by atoms with van der Waals surface area (Å²) < 4.78 is 18.7. The first-order valence-electron chi connectivity index (χ1n) is 4.96. The Morgan fingerprint density at radius 3 is 2.50 bits per heavy atom. The Bertz CT molecular complexity index is 671. The molecule has 5 heteroatoms. The first kappa shape index (κ1) is 11.6. The van der Waals surface area contributed by atoms with Gasteiger partial charge in [0.25, 0.3) is 0 Å². The number of benzene rings is 1. The molecule has 0 saturated carbocycles. The molecule has 0 aliphatic heterocycles. The lowest BCUT2D eigenvalue weighted by atomic mass is 10.2. The Balaban J connectivity index is 2.27. The van der Waals surface area contributed by atoms with Crippen LogP contribution in [0.15, 0.2) is 36.5 Å². The van der Waals surface area contributed by atoms with Crippen molar-refractivity contribution in [2.45, 2.75) is 0 Å². The van der Waals surface area contributed by atoms with Gasteiger partial charge >= 0.3 is 0 Å². The summed E-state index contributed by atoms with van der Waals surface area (Å²) in [5, 5.41) is 17.3. The van der Waals surface area contributed by atoms with Gasteiger partial charge < -0.3 is 4.74 Å². The molecule has 2 aromatic rings. The predicted molar refractivity (Wildman–Crippen MR) is 60.1 cm³/mol. The number of hydrogen-bond acceptors (Lipinski definition) is 4. The maximum absolute atomic E-state index is 13.3. The van der Waals surface area contributed by atoms with Gasteiger partial charge in [-0.1, -0.05) is 0 Å². The summed E-state index contributed by atoms with van der Waals surface area (Å²) in [6, 6.07) is 10.5. The molecule has 1 aromatic heterocycles. The Hall–Kier alpha value is -2.92. The van der Waals surface area contributed by atoms with E-state index < -0.39 is 5.82 Å². The first-order valence-corrected chi connectivity index (χ1v) is 4.96. The van der Waals surface area contributed by atoms with Gasteiger partial charge in [-0.25, -0.2) is 9.37 Å². The van der Waals surface area contributed by atoms with E-state index in [2.05, 4.69) is 4.98 Å². The second kappa shape index (κ2) is 4.94. The fourth-order valence-corrected chi connectivity index (χ4v) is 1.32. The van der Waals surface area contributed by atoms with Crippen LogP contribution in [0.4, 0.5) is 4.39 Å². The number of pyridine rings is 1. The number of nitrogens with zero attached hydrogens (tertiary/aromatic N) is 3. The molecule has 0 N–H and O–H groups in total. The molecule has 18 heavy (non-hydrogen) atoms. The van der Waals surface area contributed by atoms with Crippen LogP contribution in [0.5, 0.6) is 11.5 Å². The van der Waals surface area contributed by atoms with Gasteiger partial charge in [0.05, 0.1) is 5.56 Å². The molecule has 0 aliphatic rings. The zero-order valence-corrected chi connectivity index (χ0v) is 9.09. The third kappa shape index (κ3) is 2.42. The second-order valence-electron chi connectivity index (χ2n) is 3.34. The zero-order valence-electron chi connectivity index (χ0n) is 9.09. The van der Waals surface area contributed by atoms with Crippen LogP contribution >= 0.6 is 0 Å². The third-order valence-corrected chi connectivity index (χ3v) is 2.14. The minimum Gasteiger partial charge on any atom is -0.457 e. The van der Waals surface area contributed by atoms with E-state index in [1.54, 1.807) is 12.1 Å². The van der Waals surface area contributed by atoms with Crippen molar-refractivity contribution < 1.29 is 9.13 Å². The largest absolute Gasteiger partial charge is 0.457 e. The van der Waals surface area contributed by atoms with Crippen LogP contribution in [-0.4, -0.2) is 4.98 Å². The fraction of sp³-hybridized carbons (Fsp3) is 0. The van der Waals surface area contributed by atoms with Crippen molar-refractivity contribution in [3.8, 4) is 23.6 Å². The standard InChI is InChI=1S/C13H6FN3O/c14-13-6-11(2-1-9(13)7-15)18-12-3-4-17-10(5-12)8-16/h1-6H. The summed E-state index contributed by atoms with van der Waals surface area (Å²) in [6.07, 6.45) is 1.42. The van der Waals surface area contributed by atoms with E-state index in [1.165, 1.54) is 24.4 Å². The van der Waals surface area contributed by atoms with Crippen molar-refractivity contribution >= 4 is 0 Å². The van der Waals surface area contributed by atoms with Gasteiger partial charge in [-0.3, -0.25) is 0 Å². The minimum atomic E-state index is -0.649. The lowest BCUT2D eigenvalue weighted by Crippen LogP contribution is -1.89. The molecule has 0 radical (unpaired) electrons. The fourth-order valence-electron chi connectivity index (χ4n) is 1.32. The van der Waals surface area contributed by atoms with Gasteiger partial charge in [-0.15, -0.1) is 0 Å². The van der Waals surface area contributed by atoms with Crippen LogP contribution in [0, 0.1) is 28.5 Å². The van der Waals surface area contributed by atoms with Crippen molar-refractivity contribution in [3.05, 3.63) is 53.6 Å². The Morgan fingerprint density at radius 1 is 1.06 bits per heavy atom. The van der Waals surface area contributed by atoms with Gasteiger partial charge in [-0.2, -0.15) is 10.5 Å². The van der Waals surface area contributed by atoms with E-state index in [0.717, 1.165) is 6.07 Å². The quantitative estimate of drug-likeness (QED) is 0.807. The van der Waals surface area contributed by atoms with E-state index >= 15 is 0 Å². The number of rotatable bonds is 2. The molecule has 2 rings (SSSR count). The molecule has 86 valence electrons. The summed E-state index contributed by atoms with van der Waals surface area (Å²) in [7, 11) is 0. The van der Waals surface area contributed by atoms with Gasteiger partial charge in [0.1, 0.15) is 35.1 Å². The monoisotopic (exact) mass is 239 g/mol. The molecule has 0 spiro atoms. The molecule has 1 heterocycles. The van der Waals surface area contributed by atoms with Crippen molar-refractivity contribution in [3.63, 3.8) is 0 Å². The molecular formula is C13H6FN3O. The molecule has 0 amide bonds. The number of nitriles is 2. The highest BCUT2D eigenvalue weighted by atomic mass is 19.1. The highest BCUT2D eigenvalue weighted by molar-refractivity contribution is 5.39. The van der Waals surface area contributed by atoms with Gasteiger partial charge in [0.15, 0.2) is 0 Å². The zero-order chi connectivity index (χ0) is 13.0. The van der Waals surface area contributed by atoms with Crippen molar-refractivity contribution in [1.29, 1.82) is 10.5 Å². The van der Waals surface area contributed by atoms with Crippen LogP contribution < -0.4 is 4.74 Å². The highest BCUT2D eigenvalue weighted by Gasteiger charge is 2.05. The lowest BCUT2D eigenvalue weighted by molar-refractivity contribution is 0.475. The summed E-state index contributed by atoms with van der Waals surface area (Å²) >= 11 is 0. The van der Waals surface area contributed by atoms with E-state index in [0.29, 0.717) is 5.75 Å². The Labute approximate surface area is 103 Å². The summed E-state index contributed by atoms with van der Waals surface area (Å²) in [4.78, 5) is 3.79. The molecular weight excluding hydrogens is 233 g/mol. The SMILES string of the molecule is N#Cc1cc(Oc2ccc(C#N)c(F)c2)ccn1. The van der Waals surface area contributed by atoms with Crippen LogP contribution in [0.2, 0.25) is 0 Å². The molecule has 0 atom stereocenters. The summed E-state index contributed by atoms with van der Waals surface area (Å²) in [5.41, 5.74) is 0.163. The average molecular weight is 239 g/mol. The maximum atomic E-state index is 13.3. The number of ether oxygens (including phenoxy) is 1. The normalized spacial score (nSPS) is 9.28. The van der Waals surface area contributed by atoms with E-state index in [-0.39, 0.29) is 17.0 Å². The minimum absolute atomic E-state index is 0.0465. The molecule has 0 unspecified atom stereocenters. The molecule has 0 saturated heterocycles. The molecule has 0 fully saturated rings. The number of halogens is 1. The maximum Gasteiger partial charge on any atom is 0.144 e. The Kier molecular flexibility index (Phi) is 3.17. The van der Waals surface area contributed by atoms with Gasteiger partial charge in [0.2, 0.25) is 0 Å². The third-order valence-electron chi connectivity index (χ3n) is 2.14. The van der Waals surface area contributed by atoms with E-state index in [1.807, 2.05) is 6.07 Å². The molecule has 1 aromatic carbocycles. The Morgan fingerprint density at radius 2 is 1.83 bits per heavy atom. The summed E-state index contributed by atoms with van der Waals surface area (Å²) in [6.45, 7) is 0. The van der Waals surface area contributed by atoms with Crippen LogP contribution in [0.3, 0.4) is 0 Å². The number of hydrogen-bond donors (Lipinski definition) is 0. The van der Waals surface area contributed by atoms with Crippen molar-refractivity contribution in [2.24, 2.45) is 0 Å². The molecule has 0 bridgehead atoms. The number of aromatic nitrogens is 1. The molecule has 4 nitrogen and oxygen atoms in total. The lowest BCUT2D eigenvalue weighted by Gasteiger charge is -2.05. The van der Waals surface area contributed by atoms with Crippen LogP contribution in [0.25, 0.3) is 0 Å². The average Bonchev–Trinajstić information content (AvgIpc) is 2.39. The first-order chi connectivity index (χ1) is 8.72. The summed E-state index contributed by atoms with van der Waals surface area (Å²) in [5.74, 6) is -0.0168. The van der Waals surface area contributed by atoms with Crippen LogP contribution in [-0.2, 0) is 0 Å². The van der Waals surface area contributed by atoms with Gasteiger partial charge in [-0.05, 0) is 18.2 Å². The van der Waals surface area contributed by atoms with Gasteiger partial charge in [0, 0.05) is 18.3 Å². The van der Waals surface area contributed by atoms with Crippen LogP contribution in [0.1, 0.15) is 11.3 Å². The van der Waals surface area contributed by atoms with Crippen molar-refractivity contribution in [2.75, 3.05) is 0 Å². The highest BCUT2D eigenvalue weighted by Crippen LogP contribution is 2.23. The topological polar surface area (TPSA) is 69.7 Å². The predicted octanol–water partition coefficient (Wildman–Crippen LogP) is 2.76. The van der Waals surface area contributed by atoms with Crippen molar-refractivity contribution in [1.82, 2.24) is 4.98 Å².